The van der Waals surface area contributed by atoms with Gasteiger partial charge in [-0.15, -0.1) is 0 Å². The molecule has 0 fully saturated rings. The van der Waals surface area contributed by atoms with Gasteiger partial charge in [0.15, 0.2) is 0 Å². The van der Waals surface area contributed by atoms with E-state index in [4.69, 9.17) is 4.74 Å². The number of rotatable bonds is 5. The normalized spacial score (nSPS) is 13.8. The zero-order valence-corrected chi connectivity index (χ0v) is 11.9. The van der Waals surface area contributed by atoms with Gasteiger partial charge in [-0.05, 0) is 38.1 Å². The highest BCUT2D eigenvalue weighted by Gasteiger charge is 2.18. The number of pyridine rings is 1. The van der Waals surface area contributed by atoms with Crippen LogP contribution >= 0.6 is 0 Å². The average molecular weight is 274 g/mol. The Labute approximate surface area is 118 Å². The van der Waals surface area contributed by atoms with Crippen molar-refractivity contribution in [3.05, 3.63) is 59.7 Å². The number of benzene rings is 1. The van der Waals surface area contributed by atoms with Crippen LogP contribution in [0.15, 0.2) is 42.6 Å². The zero-order chi connectivity index (χ0) is 14.5. The van der Waals surface area contributed by atoms with Gasteiger partial charge in [0.1, 0.15) is 11.6 Å². The van der Waals surface area contributed by atoms with Gasteiger partial charge in [0.2, 0.25) is 0 Å². The third-order valence-electron chi connectivity index (χ3n) is 3.30. The molecule has 1 aromatic carbocycles. The van der Waals surface area contributed by atoms with E-state index in [9.17, 15) is 4.39 Å². The number of aromatic nitrogens is 1. The van der Waals surface area contributed by atoms with Crippen LogP contribution in [-0.4, -0.2) is 12.1 Å². The van der Waals surface area contributed by atoms with Gasteiger partial charge in [-0.3, -0.25) is 4.98 Å². The van der Waals surface area contributed by atoms with E-state index >= 15 is 0 Å². The van der Waals surface area contributed by atoms with E-state index < -0.39 is 0 Å². The van der Waals surface area contributed by atoms with Crippen LogP contribution in [0, 0.1) is 5.82 Å². The second-order valence-corrected chi connectivity index (χ2v) is 4.72. The molecule has 0 radical (unpaired) electrons. The summed E-state index contributed by atoms with van der Waals surface area (Å²) in [4.78, 5) is 4.30. The van der Waals surface area contributed by atoms with Gasteiger partial charge >= 0.3 is 0 Å². The molecule has 0 saturated heterocycles. The average Bonchev–Trinajstić information content (AvgIpc) is 2.47. The zero-order valence-electron chi connectivity index (χ0n) is 11.9. The molecule has 2 atom stereocenters. The van der Waals surface area contributed by atoms with Crippen molar-refractivity contribution in [3.8, 4) is 5.75 Å². The Bertz CT molecular complexity index is 560. The first-order chi connectivity index (χ1) is 9.63. The van der Waals surface area contributed by atoms with Crippen LogP contribution in [0.3, 0.4) is 0 Å². The number of nitrogens with one attached hydrogen (secondary N) is 1. The maximum atomic E-state index is 14.0. The first kappa shape index (κ1) is 14.5. The third-order valence-corrected chi connectivity index (χ3v) is 3.30. The molecule has 2 unspecified atom stereocenters. The summed E-state index contributed by atoms with van der Waals surface area (Å²) < 4.78 is 19.2. The largest absolute Gasteiger partial charge is 0.496 e. The highest BCUT2D eigenvalue weighted by atomic mass is 19.1. The van der Waals surface area contributed by atoms with E-state index in [2.05, 4.69) is 10.3 Å². The molecule has 0 aliphatic carbocycles. The Hall–Kier alpha value is -1.94. The van der Waals surface area contributed by atoms with E-state index in [0.29, 0.717) is 11.3 Å². The van der Waals surface area contributed by atoms with Crippen molar-refractivity contribution in [3.63, 3.8) is 0 Å². The lowest BCUT2D eigenvalue weighted by Gasteiger charge is -2.22. The lowest BCUT2D eigenvalue weighted by Crippen LogP contribution is -2.24. The Balaban J connectivity index is 2.18. The summed E-state index contributed by atoms with van der Waals surface area (Å²) in [6.07, 6.45) is 1.75. The topological polar surface area (TPSA) is 34.1 Å². The van der Waals surface area contributed by atoms with Gasteiger partial charge in [0.25, 0.3) is 0 Å². The predicted molar refractivity (Wildman–Crippen MR) is 77.2 cm³/mol. The van der Waals surface area contributed by atoms with Crippen LogP contribution in [0.4, 0.5) is 4.39 Å². The summed E-state index contributed by atoms with van der Waals surface area (Å²) in [7, 11) is 1.55. The lowest BCUT2D eigenvalue weighted by atomic mass is 10.0. The number of nitrogens with zero attached hydrogens (tertiary/aromatic N) is 1. The van der Waals surface area contributed by atoms with Crippen molar-refractivity contribution in [2.24, 2.45) is 0 Å². The Morgan fingerprint density at radius 3 is 2.55 bits per heavy atom. The number of hydrogen-bond acceptors (Lipinski definition) is 3. The number of methoxy groups -OCH3 is 1. The highest BCUT2D eigenvalue weighted by Crippen LogP contribution is 2.29. The van der Waals surface area contributed by atoms with E-state index in [1.165, 1.54) is 6.07 Å². The smallest absolute Gasteiger partial charge is 0.131 e. The van der Waals surface area contributed by atoms with Crippen LogP contribution in [0.5, 0.6) is 5.75 Å². The standard InChI is InChI=1S/C16H19FN2O/c1-11(14-8-4-5-10-18-14)19-12(2)16-13(17)7-6-9-15(16)20-3/h4-12,19H,1-3H3. The summed E-state index contributed by atoms with van der Waals surface area (Å²) >= 11 is 0. The molecule has 0 saturated carbocycles. The van der Waals surface area contributed by atoms with E-state index in [-0.39, 0.29) is 17.9 Å². The molecule has 1 heterocycles. The second kappa shape index (κ2) is 6.48. The van der Waals surface area contributed by atoms with Crippen molar-refractivity contribution < 1.29 is 9.13 Å². The van der Waals surface area contributed by atoms with Crippen molar-refractivity contribution in [1.29, 1.82) is 0 Å². The molecule has 0 aliphatic rings. The quantitative estimate of drug-likeness (QED) is 0.903. The Kier molecular flexibility index (Phi) is 4.69. The lowest BCUT2D eigenvalue weighted by molar-refractivity contribution is 0.386. The monoisotopic (exact) mass is 274 g/mol. The summed E-state index contributed by atoms with van der Waals surface area (Å²) in [5.41, 5.74) is 1.47. The second-order valence-electron chi connectivity index (χ2n) is 4.72. The first-order valence-corrected chi connectivity index (χ1v) is 6.63. The fourth-order valence-electron chi connectivity index (χ4n) is 2.29. The van der Waals surface area contributed by atoms with Crippen molar-refractivity contribution in [1.82, 2.24) is 10.3 Å². The van der Waals surface area contributed by atoms with Crippen LogP contribution in [0.2, 0.25) is 0 Å². The van der Waals surface area contributed by atoms with Gasteiger partial charge in [-0.2, -0.15) is 0 Å². The van der Waals surface area contributed by atoms with E-state index in [1.54, 1.807) is 25.4 Å². The maximum Gasteiger partial charge on any atom is 0.131 e. The number of halogens is 1. The summed E-state index contributed by atoms with van der Waals surface area (Å²) in [5.74, 6) is 0.288. The molecule has 4 heteroatoms. The number of hydrogen-bond donors (Lipinski definition) is 1. The highest BCUT2D eigenvalue weighted by molar-refractivity contribution is 5.37. The molecular formula is C16H19FN2O. The van der Waals surface area contributed by atoms with Crippen molar-refractivity contribution in [2.75, 3.05) is 7.11 Å². The minimum Gasteiger partial charge on any atom is -0.496 e. The molecule has 1 aromatic heterocycles. The van der Waals surface area contributed by atoms with Gasteiger partial charge in [-0.25, -0.2) is 4.39 Å². The van der Waals surface area contributed by atoms with Crippen LogP contribution in [0.1, 0.15) is 37.2 Å². The SMILES string of the molecule is COc1cccc(F)c1C(C)NC(C)c1ccccn1. The van der Waals surface area contributed by atoms with Crippen LogP contribution in [0.25, 0.3) is 0 Å². The van der Waals surface area contributed by atoms with Gasteiger partial charge in [0, 0.05) is 23.8 Å². The molecule has 0 spiro atoms. The van der Waals surface area contributed by atoms with Crippen molar-refractivity contribution in [2.45, 2.75) is 25.9 Å². The van der Waals surface area contributed by atoms with Gasteiger partial charge < -0.3 is 10.1 Å². The summed E-state index contributed by atoms with van der Waals surface area (Å²) in [6, 6.07) is 10.5. The number of ether oxygens (including phenoxy) is 1. The van der Waals surface area contributed by atoms with Crippen molar-refractivity contribution >= 4 is 0 Å². The predicted octanol–water partition coefficient (Wildman–Crippen LogP) is 3.64. The first-order valence-electron chi connectivity index (χ1n) is 6.63. The summed E-state index contributed by atoms with van der Waals surface area (Å²) in [6.45, 7) is 3.92. The van der Waals surface area contributed by atoms with Gasteiger partial charge in [0.05, 0.1) is 12.8 Å². The molecule has 0 aliphatic heterocycles. The van der Waals surface area contributed by atoms with Gasteiger partial charge in [-0.1, -0.05) is 12.1 Å². The summed E-state index contributed by atoms with van der Waals surface area (Å²) in [5, 5.41) is 3.35. The van der Waals surface area contributed by atoms with Crippen LogP contribution in [-0.2, 0) is 0 Å². The van der Waals surface area contributed by atoms with Crippen LogP contribution < -0.4 is 10.1 Å². The molecule has 106 valence electrons. The van der Waals surface area contributed by atoms with E-state index in [1.807, 2.05) is 32.0 Å². The Morgan fingerprint density at radius 2 is 1.90 bits per heavy atom. The molecule has 20 heavy (non-hydrogen) atoms. The molecule has 2 aromatic rings. The molecule has 3 nitrogen and oxygen atoms in total. The molecule has 0 bridgehead atoms. The molecule has 1 N–H and O–H groups in total. The Morgan fingerprint density at radius 1 is 1.10 bits per heavy atom. The maximum absolute atomic E-state index is 14.0. The minimum absolute atomic E-state index is 0.0236. The van der Waals surface area contributed by atoms with E-state index in [0.717, 1.165) is 5.69 Å². The molecule has 2 rings (SSSR count). The fourth-order valence-corrected chi connectivity index (χ4v) is 2.29. The fraction of sp³-hybridized carbons (Fsp3) is 0.312. The molecular weight excluding hydrogens is 255 g/mol. The third kappa shape index (κ3) is 3.14. The minimum atomic E-state index is -0.266. The molecule has 0 amide bonds.